The van der Waals surface area contributed by atoms with E-state index in [1.54, 1.807) is 36.4 Å². The van der Waals surface area contributed by atoms with Gasteiger partial charge in [0.15, 0.2) is 0 Å². The molecule has 6 N–H and O–H groups in total. The van der Waals surface area contributed by atoms with Crippen molar-refractivity contribution in [1.82, 2.24) is 0 Å². The van der Waals surface area contributed by atoms with Crippen LogP contribution < -0.4 is 25.8 Å². The summed E-state index contributed by atoms with van der Waals surface area (Å²) in [5, 5.41) is 0. The summed E-state index contributed by atoms with van der Waals surface area (Å²) in [5.74, 6) is 1.56. The maximum absolute atomic E-state index is 5.99. The zero-order valence-electron chi connectivity index (χ0n) is 13.5. The van der Waals surface area contributed by atoms with Crippen LogP contribution in [0.15, 0.2) is 72.8 Å². The Morgan fingerprint density at radius 1 is 0.480 bits per heavy atom. The first-order valence-electron chi connectivity index (χ1n) is 7.67. The fourth-order valence-corrected chi connectivity index (χ4v) is 6.17. The minimum absolute atomic E-state index is 0.512. The Morgan fingerprint density at radius 3 is 1.04 bits per heavy atom. The predicted molar refractivity (Wildman–Crippen MR) is 100 cm³/mol. The summed E-state index contributed by atoms with van der Waals surface area (Å²) in [6, 6.07) is 21.6. The molecule has 6 nitrogen and oxygen atoms in total. The molecule has 126 valence electrons. The van der Waals surface area contributed by atoms with Gasteiger partial charge in [-0.1, -0.05) is 0 Å². The molecule has 25 heavy (non-hydrogen) atoms. The first-order valence-corrected chi connectivity index (χ1v) is 11.7. The third-order valence-electron chi connectivity index (χ3n) is 3.43. The summed E-state index contributed by atoms with van der Waals surface area (Å²) >= 11 is -3.56. The van der Waals surface area contributed by atoms with Gasteiger partial charge in [0, 0.05) is 0 Å². The maximum atomic E-state index is 5.99. The molecular weight excluding hydrogens is 421 g/mol. The van der Waals surface area contributed by atoms with Crippen LogP contribution in [0, 0.1) is 0 Å². The normalized spacial score (nSPS) is 10.1. The Balaban J connectivity index is 1.86. The zero-order valence-corrected chi connectivity index (χ0v) is 16.8. The summed E-state index contributed by atoms with van der Waals surface area (Å²) in [5.41, 5.74) is 19.4. The van der Waals surface area contributed by atoms with Crippen molar-refractivity contribution < 1.29 is 8.56 Å². The summed E-state index contributed by atoms with van der Waals surface area (Å²) < 4.78 is 18.0. The summed E-state index contributed by atoms with van der Waals surface area (Å²) in [6.07, 6.45) is 0. The van der Waals surface area contributed by atoms with Crippen molar-refractivity contribution in [2.45, 2.75) is 0 Å². The van der Waals surface area contributed by atoms with E-state index in [-0.39, 0.29) is 0 Å². The van der Waals surface area contributed by atoms with Crippen LogP contribution in [0.3, 0.4) is 0 Å². The van der Waals surface area contributed by atoms with Crippen LogP contribution >= 0.6 is 0 Å². The van der Waals surface area contributed by atoms with Crippen molar-refractivity contribution in [2.75, 3.05) is 17.2 Å². The van der Waals surface area contributed by atoms with Crippen LogP contribution in [-0.4, -0.2) is 22.7 Å². The van der Waals surface area contributed by atoms with E-state index in [2.05, 4.69) is 0 Å². The monoisotopic (exact) mass is 439 g/mol. The van der Waals surface area contributed by atoms with Gasteiger partial charge in [-0.05, 0) is 0 Å². The number of benzene rings is 3. The van der Waals surface area contributed by atoms with Crippen molar-refractivity contribution in [2.24, 2.45) is 0 Å². The predicted octanol–water partition coefficient (Wildman–Crippen LogP) is 2.95. The van der Waals surface area contributed by atoms with E-state index in [4.69, 9.17) is 25.8 Å². The number of anilines is 3. The molecule has 0 aromatic heterocycles. The van der Waals surface area contributed by atoms with Gasteiger partial charge in [-0.15, -0.1) is 0 Å². The molecule has 0 atom stereocenters. The van der Waals surface area contributed by atoms with E-state index in [1.807, 2.05) is 36.4 Å². The molecule has 0 radical (unpaired) electrons. The van der Waals surface area contributed by atoms with Gasteiger partial charge >= 0.3 is 156 Å². The molecule has 0 spiro atoms. The van der Waals surface area contributed by atoms with Crippen LogP contribution in [0.5, 0.6) is 17.2 Å². The molecule has 0 aliphatic carbocycles. The van der Waals surface area contributed by atoms with Crippen molar-refractivity contribution in [3.8, 4) is 17.2 Å². The average Bonchev–Trinajstić information content (AvgIpc) is 2.61. The van der Waals surface area contributed by atoms with Crippen molar-refractivity contribution in [3.05, 3.63) is 72.8 Å². The second kappa shape index (κ2) is 7.94. The molecule has 3 aromatic carbocycles. The van der Waals surface area contributed by atoms with Gasteiger partial charge < -0.3 is 0 Å². The Hall–Kier alpha value is -2.67. The van der Waals surface area contributed by atoms with Gasteiger partial charge in [0.2, 0.25) is 0 Å². The molecule has 7 heteroatoms. The number of nitrogens with two attached hydrogens (primary N) is 3. The molecule has 3 aromatic rings. The van der Waals surface area contributed by atoms with Gasteiger partial charge in [0.25, 0.3) is 0 Å². The summed E-state index contributed by atoms with van der Waals surface area (Å²) in [6.45, 7) is 0. The van der Waals surface area contributed by atoms with Gasteiger partial charge in [-0.25, -0.2) is 0 Å². The molecule has 3 rings (SSSR count). The molecule has 0 unspecified atom stereocenters. The second-order valence-corrected chi connectivity index (χ2v) is 8.92. The van der Waals surface area contributed by atoms with Crippen molar-refractivity contribution in [3.63, 3.8) is 0 Å². The molecule has 0 amide bonds. The summed E-state index contributed by atoms with van der Waals surface area (Å²) in [4.78, 5) is 0. The van der Waals surface area contributed by atoms with E-state index < -0.39 is 22.7 Å². The van der Waals surface area contributed by atoms with Crippen LogP contribution in [0.2, 0.25) is 0 Å². The standard InChI is InChI=1S/3C6H7NO.In/c3*7-5-3-1-2-4-6(5)8;/h3*1-4,8H,7H2;/q;;;+3/p-3. The molecule has 0 aliphatic rings. The van der Waals surface area contributed by atoms with E-state index in [0.717, 1.165) is 0 Å². The molecule has 0 bridgehead atoms. The van der Waals surface area contributed by atoms with Gasteiger partial charge in [-0.2, -0.15) is 0 Å². The Kier molecular flexibility index (Phi) is 5.45. The van der Waals surface area contributed by atoms with Gasteiger partial charge in [0.1, 0.15) is 0 Å². The van der Waals surface area contributed by atoms with Crippen molar-refractivity contribution >= 4 is 39.8 Å². The van der Waals surface area contributed by atoms with Gasteiger partial charge in [-0.3, -0.25) is 0 Å². The first kappa shape index (κ1) is 17.2. The Labute approximate surface area is 155 Å². The van der Waals surface area contributed by atoms with Crippen LogP contribution in [0.1, 0.15) is 0 Å². The molecule has 0 fully saturated rings. The summed E-state index contributed by atoms with van der Waals surface area (Å²) in [7, 11) is 0. The minimum atomic E-state index is -3.56. The quantitative estimate of drug-likeness (QED) is 0.511. The van der Waals surface area contributed by atoms with E-state index in [0.29, 0.717) is 34.3 Å². The molecule has 0 aliphatic heterocycles. The van der Waals surface area contributed by atoms with E-state index >= 15 is 0 Å². The Morgan fingerprint density at radius 2 is 0.760 bits per heavy atom. The van der Waals surface area contributed by atoms with Crippen LogP contribution in [-0.2, 0) is 0 Å². The molecule has 0 saturated carbocycles. The average molecular weight is 439 g/mol. The molecular formula is C18H18InN3O3. The third kappa shape index (κ3) is 4.45. The molecule has 0 saturated heterocycles. The number of nitrogen functional groups attached to an aromatic ring is 3. The fourth-order valence-electron chi connectivity index (χ4n) is 2.15. The van der Waals surface area contributed by atoms with Gasteiger partial charge in [0.05, 0.1) is 0 Å². The number of hydrogen-bond acceptors (Lipinski definition) is 6. The topological polar surface area (TPSA) is 106 Å². The first-order chi connectivity index (χ1) is 12.1. The fraction of sp³-hybridized carbons (Fsp3) is 0. The number of rotatable bonds is 6. The molecule has 0 heterocycles. The number of hydrogen-bond donors (Lipinski definition) is 3. The number of para-hydroxylation sites is 6. The van der Waals surface area contributed by atoms with E-state index in [9.17, 15) is 0 Å². The van der Waals surface area contributed by atoms with Crippen molar-refractivity contribution in [1.29, 1.82) is 0 Å². The SMILES string of the molecule is Nc1ccccc1[O][In]([O]c1ccccc1N)[O]c1ccccc1N. The Bertz CT molecular complexity index is 747. The van der Waals surface area contributed by atoms with Crippen LogP contribution in [0.4, 0.5) is 17.1 Å². The second-order valence-electron chi connectivity index (χ2n) is 5.26. The van der Waals surface area contributed by atoms with Crippen LogP contribution in [0.25, 0.3) is 0 Å². The zero-order chi connectivity index (χ0) is 17.6. The third-order valence-corrected chi connectivity index (χ3v) is 7.25. The van der Waals surface area contributed by atoms with E-state index in [1.165, 1.54) is 0 Å².